The van der Waals surface area contributed by atoms with Crippen LogP contribution in [-0.4, -0.2) is 35.7 Å². The van der Waals surface area contributed by atoms with Crippen molar-refractivity contribution in [1.29, 1.82) is 0 Å². The number of phenols is 1. The summed E-state index contributed by atoms with van der Waals surface area (Å²) in [5.41, 5.74) is 1.43. The van der Waals surface area contributed by atoms with Crippen molar-refractivity contribution >= 4 is 12.4 Å². The lowest BCUT2D eigenvalue weighted by molar-refractivity contribution is 0.00485. The van der Waals surface area contributed by atoms with Crippen LogP contribution in [0.15, 0.2) is 18.2 Å². The lowest BCUT2D eigenvalue weighted by Gasteiger charge is -2.49. The molecule has 104 valence electrons. The molecule has 1 aliphatic carbocycles. The van der Waals surface area contributed by atoms with Gasteiger partial charge in [-0.2, -0.15) is 0 Å². The average Bonchev–Trinajstić information content (AvgIpc) is 2.68. The van der Waals surface area contributed by atoms with E-state index >= 15 is 0 Å². The van der Waals surface area contributed by atoms with Gasteiger partial charge in [-0.15, -0.1) is 12.4 Å². The summed E-state index contributed by atoms with van der Waals surface area (Å²) < 4.78 is 6.15. The monoisotopic (exact) mass is 281 g/mol. The summed E-state index contributed by atoms with van der Waals surface area (Å²) in [7, 11) is 2.23. The molecule has 1 aromatic carbocycles. The molecule has 2 aliphatic heterocycles. The third-order valence-electron chi connectivity index (χ3n) is 5.28. The highest BCUT2D eigenvalue weighted by atomic mass is 35.5. The summed E-state index contributed by atoms with van der Waals surface area (Å²) >= 11 is 0. The van der Waals surface area contributed by atoms with Crippen LogP contribution in [0.5, 0.6) is 11.5 Å². The van der Waals surface area contributed by atoms with Gasteiger partial charge in [-0.25, -0.2) is 0 Å². The van der Waals surface area contributed by atoms with Crippen LogP contribution in [0.1, 0.15) is 31.2 Å². The molecular formula is C15H20ClNO2. The third-order valence-corrected chi connectivity index (χ3v) is 5.28. The van der Waals surface area contributed by atoms with Crippen molar-refractivity contribution in [2.24, 2.45) is 0 Å². The van der Waals surface area contributed by atoms with E-state index in [-0.39, 0.29) is 17.8 Å². The van der Waals surface area contributed by atoms with Crippen LogP contribution in [0.25, 0.3) is 0 Å². The molecule has 1 saturated carbocycles. The molecule has 2 heterocycles. The van der Waals surface area contributed by atoms with Crippen molar-refractivity contribution in [2.45, 2.75) is 43.2 Å². The van der Waals surface area contributed by atoms with Crippen molar-refractivity contribution in [3.63, 3.8) is 0 Å². The average molecular weight is 282 g/mol. The first-order valence-corrected chi connectivity index (χ1v) is 6.89. The van der Waals surface area contributed by atoms with Gasteiger partial charge >= 0.3 is 0 Å². The van der Waals surface area contributed by atoms with Crippen molar-refractivity contribution in [3.05, 3.63) is 23.8 Å². The Kier molecular flexibility index (Phi) is 2.95. The van der Waals surface area contributed by atoms with E-state index in [1.807, 2.05) is 12.1 Å². The molecule has 2 bridgehead atoms. The molecule has 0 unspecified atom stereocenters. The Balaban J connectivity index is 0.00000110. The van der Waals surface area contributed by atoms with Crippen molar-refractivity contribution < 1.29 is 9.84 Å². The molecule has 0 amide bonds. The summed E-state index contributed by atoms with van der Waals surface area (Å²) in [6, 6.07) is 6.29. The SMILES string of the molecule is CN1CC[C@@]23C[C@H]1CC[C@H]2Oc1ccc(O)cc13.Cl. The molecule has 2 fully saturated rings. The molecule has 1 aromatic rings. The van der Waals surface area contributed by atoms with E-state index < -0.39 is 0 Å². The van der Waals surface area contributed by atoms with E-state index in [1.54, 1.807) is 6.07 Å². The fourth-order valence-corrected chi connectivity index (χ4v) is 4.22. The molecule has 1 saturated heterocycles. The van der Waals surface area contributed by atoms with Gasteiger partial charge in [0.2, 0.25) is 0 Å². The minimum Gasteiger partial charge on any atom is -0.508 e. The number of likely N-dealkylation sites (tertiary alicyclic amines) is 1. The van der Waals surface area contributed by atoms with E-state index in [4.69, 9.17) is 4.74 Å². The lowest BCUT2D eigenvalue weighted by atomic mass is 9.63. The van der Waals surface area contributed by atoms with Gasteiger partial charge in [0.1, 0.15) is 17.6 Å². The molecular weight excluding hydrogens is 262 g/mol. The number of halogens is 1. The minimum absolute atomic E-state index is 0. The summed E-state index contributed by atoms with van der Waals surface area (Å²) in [6.45, 7) is 1.14. The molecule has 3 atom stereocenters. The second kappa shape index (κ2) is 4.29. The van der Waals surface area contributed by atoms with Crippen molar-refractivity contribution in [3.8, 4) is 11.5 Å². The number of ether oxygens (including phenoxy) is 1. The number of nitrogens with zero attached hydrogens (tertiary/aromatic N) is 1. The highest BCUT2D eigenvalue weighted by molar-refractivity contribution is 5.85. The van der Waals surface area contributed by atoms with Crippen LogP contribution < -0.4 is 4.74 Å². The smallest absolute Gasteiger partial charge is 0.123 e. The van der Waals surface area contributed by atoms with E-state index in [1.165, 1.54) is 18.4 Å². The van der Waals surface area contributed by atoms with Gasteiger partial charge in [0.05, 0.1) is 0 Å². The largest absolute Gasteiger partial charge is 0.508 e. The van der Waals surface area contributed by atoms with Gasteiger partial charge in [0, 0.05) is 17.0 Å². The van der Waals surface area contributed by atoms with E-state index in [2.05, 4.69) is 11.9 Å². The van der Waals surface area contributed by atoms with Crippen molar-refractivity contribution in [1.82, 2.24) is 4.90 Å². The normalized spacial score (nSPS) is 35.8. The van der Waals surface area contributed by atoms with Crippen LogP contribution in [0.4, 0.5) is 0 Å². The molecule has 0 aromatic heterocycles. The zero-order chi connectivity index (χ0) is 12.3. The number of fused-ring (bicyclic) bond motifs is 2. The second-order valence-corrected chi connectivity index (χ2v) is 6.11. The predicted molar refractivity (Wildman–Crippen MR) is 76.3 cm³/mol. The van der Waals surface area contributed by atoms with Gasteiger partial charge in [-0.1, -0.05) is 0 Å². The van der Waals surface area contributed by atoms with Crippen LogP contribution in [0.3, 0.4) is 0 Å². The number of benzene rings is 1. The number of phenolic OH excluding ortho intramolecular Hbond substituents is 1. The van der Waals surface area contributed by atoms with E-state index in [0.717, 1.165) is 25.1 Å². The molecule has 3 aliphatic rings. The van der Waals surface area contributed by atoms with Gasteiger partial charge in [-0.3, -0.25) is 0 Å². The molecule has 0 radical (unpaired) electrons. The molecule has 4 rings (SSSR count). The van der Waals surface area contributed by atoms with Gasteiger partial charge in [0.25, 0.3) is 0 Å². The van der Waals surface area contributed by atoms with Gasteiger partial charge in [-0.05, 0) is 57.5 Å². The standard InChI is InChI=1S/C15H19NO2.ClH/c1-16-7-6-15-9-10(16)2-5-14(15)18-13-4-3-11(17)8-12(13)15;/h3-4,8,10,14,17H,2,5-7,9H2,1H3;1H/t10-,14-,15+;/m1./s1. The zero-order valence-corrected chi connectivity index (χ0v) is 11.9. The summed E-state index contributed by atoms with van der Waals surface area (Å²) in [6.07, 6.45) is 5.05. The number of piperidine rings is 1. The third kappa shape index (κ3) is 1.68. The fraction of sp³-hybridized carbons (Fsp3) is 0.600. The molecule has 4 heteroatoms. The van der Waals surface area contributed by atoms with Crippen LogP contribution in [-0.2, 0) is 5.41 Å². The first-order chi connectivity index (χ1) is 8.69. The quantitative estimate of drug-likeness (QED) is 0.794. The Hall–Kier alpha value is -0.930. The maximum atomic E-state index is 9.77. The maximum Gasteiger partial charge on any atom is 0.123 e. The van der Waals surface area contributed by atoms with E-state index in [9.17, 15) is 5.11 Å². The van der Waals surface area contributed by atoms with Gasteiger partial charge < -0.3 is 14.7 Å². The number of hydrogen-bond acceptors (Lipinski definition) is 3. The first kappa shape index (κ1) is 13.1. The second-order valence-electron chi connectivity index (χ2n) is 6.11. The molecule has 1 spiro atoms. The highest BCUT2D eigenvalue weighted by Crippen LogP contribution is 2.55. The number of hydrogen-bond donors (Lipinski definition) is 1. The topological polar surface area (TPSA) is 32.7 Å². The summed E-state index contributed by atoms with van der Waals surface area (Å²) in [5, 5.41) is 9.77. The minimum atomic E-state index is 0. The summed E-state index contributed by atoms with van der Waals surface area (Å²) in [5.74, 6) is 1.37. The van der Waals surface area contributed by atoms with Gasteiger partial charge in [0.15, 0.2) is 0 Å². The van der Waals surface area contributed by atoms with Crippen molar-refractivity contribution in [2.75, 3.05) is 13.6 Å². The van der Waals surface area contributed by atoms with Crippen LogP contribution in [0, 0.1) is 0 Å². The van der Waals surface area contributed by atoms with Crippen LogP contribution in [0.2, 0.25) is 0 Å². The Labute approximate surface area is 120 Å². The maximum absolute atomic E-state index is 9.77. The Bertz CT molecular complexity index is 507. The van der Waals surface area contributed by atoms with E-state index in [0.29, 0.717) is 17.9 Å². The number of rotatable bonds is 0. The zero-order valence-electron chi connectivity index (χ0n) is 11.1. The molecule has 1 N–H and O–H groups in total. The first-order valence-electron chi connectivity index (χ1n) is 6.89. The molecule has 19 heavy (non-hydrogen) atoms. The fourth-order valence-electron chi connectivity index (χ4n) is 4.22. The van der Waals surface area contributed by atoms with Crippen LogP contribution >= 0.6 is 12.4 Å². The Morgan fingerprint density at radius 2 is 2.21 bits per heavy atom. The Morgan fingerprint density at radius 1 is 1.37 bits per heavy atom. The highest BCUT2D eigenvalue weighted by Gasteiger charge is 2.54. The lowest BCUT2D eigenvalue weighted by Crippen LogP contribution is -2.55. The predicted octanol–water partition coefficient (Wildman–Crippen LogP) is 2.70. The Morgan fingerprint density at radius 3 is 3.05 bits per heavy atom. The summed E-state index contributed by atoms with van der Waals surface area (Å²) in [4.78, 5) is 2.49. The number of aromatic hydroxyl groups is 1. The molecule has 3 nitrogen and oxygen atoms in total.